The monoisotopic (exact) mass is 1080 g/mol. The summed E-state index contributed by atoms with van der Waals surface area (Å²) in [5.41, 5.74) is 0. The molecule has 9 heteroatoms. The molecule has 77 heavy (non-hydrogen) atoms. The first-order chi connectivity index (χ1) is 37.6. The summed E-state index contributed by atoms with van der Waals surface area (Å²) in [5, 5.41) is 11.8. The number of carboxylic acid groups (broad SMARTS) is 1. The first kappa shape index (κ1) is 73.2. The van der Waals surface area contributed by atoms with Crippen molar-refractivity contribution in [2.75, 3.05) is 47.5 Å². The summed E-state index contributed by atoms with van der Waals surface area (Å²) in [4.78, 5) is 37.4. The summed E-state index contributed by atoms with van der Waals surface area (Å²) in [6.45, 7) is 4.62. The maximum Gasteiger partial charge on any atom is 0.306 e. The Morgan fingerprint density at radius 3 is 1.10 bits per heavy atom. The van der Waals surface area contributed by atoms with Crippen molar-refractivity contribution in [3.8, 4) is 0 Å². The third-order valence-corrected chi connectivity index (χ3v) is 13.3. The quantitative estimate of drug-likeness (QED) is 0.0195. The number of carboxylic acids is 1. The summed E-state index contributed by atoms with van der Waals surface area (Å²) >= 11 is 0. The number of esters is 2. The molecule has 0 bridgehead atoms. The summed E-state index contributed by atoms with van der Waals surface area (Å²) < 4.78 is 22.7. The molecule has 0 aliphatic rings. The van der Waals surface area contributed by atoms with E-state index in [1.807, 2.05) is 21.1 Å². The van der Waals surface area contributed by atoms with Gasteiger partial charge in [-0.2, -0.15) is 0 Å². The minimum Gasteiger partial charge on any atom is -0.545 e. The van der Waals surface area contributed by atoms with E-state index in [0.29, 0.717) is 17.4 Å². The first-order valence-electron chi connectivity index (χ1n) is 31.4. The lowest BCUT2D eigenvalue weighted by atomic mass is 10.0. The highest BCUT2D eigenvalue weighted by Crippen LogP contribution is 2.16. The van der Waals surface area contributed by atoms with Crippen LogP contribution in [0.1, 0.15) is 258 Å². The van der Waals surface area contributed by atoms with Gasteiger partial charge in [0.05, 0.1) is 40.3 Å². The van der Waals surface area contributed by atoms with Crippen molar-refractivity contribution >= 4 is 17.9 Å². The molecule has 0 rings (SSSR count). The van der Waals surface area contributed by atoms with Crippen LogP contribution in [0.5, 0.6) is 0 Å². The fourth-order valence-electron chi connectivity index (χ4n) is 8.51. The SMILES string of the molecule is CC/C=C\C/C=C\C/C=C\C/C=C\C/C=C\C/C=C\CCCCCCCCCCC(=O)OC(COC(=O)CCCCCCCCCCCCCCC/C=C\C/C=C\CCCCCCC)COC(OCC[N+](C)(C)C)C(=O)[O-]. The Kier molecular flexibility index (Phi) is 55.5. The van der Waals surface area contributed by atoms with E-state index in [1.54, 1.807) is 0 Å². The van der Waals surface area contributed by atoms with Crippen LogP contribution in [-0.2, 0) is 33.3 Å². The molecule has 0 saturated carbocycles. The van der Waals surface area contributed by atoms with Crippen molar-refractivity contribution in [1.82, 2.24) is 0 Å². The number of quaternary nitrogens is 1. The van der Waals surface area contributed by atoms with Crippen molar-refractivity contribution in [3.05, 3.63) is 97.2 Å². The zero-order valence-electron chi connectivity index (χ0n) is 50.3. The summed E-state index contributed by atoms with van der Waals surface area (Å²) in [7, 11) is 5.92. The van der Waals surface area contributed by atoms with E-state index in [0.717, 1.165) is 89.9 Å². The van der Waals surface area contributed by atoms with E-state index < -0.39 is 24.3 Å². The summed E-state index contributed by atoms with van der Waals surface area (Å²) in [6.07, 6.45) is 76.0. The van der Waals surface area contributed by atoms with Crippen molar-refractivity contribution in [3.63, 3.8) is 0 Å². The molecule has 0 aromatic carbocycles. The van der Waals surface area contributed by atoms with Crippen LogP contribution in [0.15, 0.2) is 97.2 Å². The lowest BCUT2D eigenvalue weighted by Gasteiger charge is -2.26. The number of nitrogens with zero attached hydrogens (tertiary/aromatic N) is 1. The number of aliphatic carboxylic acids is 1. The lowest BCUT2D eigenvalue weighted by Crippen LogP contribution is -2.44. The molecule has 0 aliphatic heterocycles. The van der Waals surface area contributed by atoms with Gasteiger partial charge in [0.25, 0.3) is 0 Å². The van der Waals surface area contributed by atoms with E-state index >= 15 is 0 Å². The highest BCUT2D eigenvalue weighted by atomic mass is 16.7. The zero-order chi connectivity index (χ0) is 56.2. The van der Waals surface area contributed by atoms with E-state index in [9.17, 15) is 19.5 Å². The molecule has 0 heterocycles. The highest BCUT2D eigenvalue weighted by Gasteiger charge is 2.22. The minimum atomic E-state index is -1.63. The smallest absolute Gasteiger partial charge is 0.306 e. The van der Waals surface area contributed by atoms with Gasteiger partial charge in [-0.1, -0.05) is 246 Å². The van der Waals surface area contributed by atoms with Gasteiger partial charge in [0, 0.05) is 12.8 Å². The third kappa shape index (κ3) is 59.7. The van der Waals surface area contributed by atoms with Crippen LogP contribution in [0.25, 0.3) is 0 Å². The number of carbonyl (C=O) groups is 3. The Morgan fingerprint density at radius 1 is 0.403 bits per heavy atom. The molecular weight excluding hydrogens is 959 g/mol. The second-order valence-electron chi connectivity index (χ2n) is 22.0. The zero-order valence-corrected chi connectivity index (χ0v) is 50.3. The Labute approximate surface area is 473 Å². The van der Waals surface area contributed by atoms with E-state index in [1.165, 1.54) is 135 Å². The number of hydrogen-bond donors (Lipinski definition) is 0. The number of unbranched alkanes of at least 4 members (excludes halogenated alkanes) is 26. The summed E-state index contributed by atoms with van der Waals surface area (Å²) in [5.74, 6) is -2.30. The lowest BCUT2D eigenvalue weighted by molar-refractivity contribution is -0.870. The van der Waals surface area contributed by atoms with Crippen LogP contribution >= 0.6 is 0 Å². The van der Waals surface area contributed by atoms with Crippen LogP contribution in [-0.4, -0.2) is 82.3 Å². The fourth-order valence-corrected chi connectivity index (χ4v) is 8.51. The predicted octanol–water partition coefficient (Wildman–Crippen LogP) is 17.6. The molecule has 0 aliphatic carbocycles. The largest absolute Gasteiger partial charge is 0.545 e. The maximum atomic E-state index is 12.9. The molecule has 442 valence electrons. The van der Waals surface area contributed by atoms with Gasteiger partial charge in [0.1, 0.15) is 13.2 Å². The predicted molar refractivity (Wildman–Crippen MR) is 324 cm³/mol. The van der Waals surface area contributed by atoms with Gasteiger partial charge in [-0.15, -0.1) is 0 Å². The first-order valence-corrected chi connectivity index (χ1v) is 31.4. The van der Waals surface area contributed by atoms with E-state index in [2.05, 4.69) is 111 Å². The number of hydrogen-bond acceptors (Lipinski definition) is 8. The molecule has 2 unspecified atom stereocenters. The van der Waals surface area contributed by atoms with Crippen LogP contribution in [0, 0.1) is 0 Å². The number of allylic oxidation sites excluding steroid dienone is 16. The minimum absolute atomic E-state index is 0.142. The van der Waals surface area contributed by atoms with Crippen LogP contribution < -0.4 is 5.11 Å². The molecule has 0 aromatic heterocycles. The van der Waals surface area contributed by atoms with Crippen LogP contribution in [0.3, 0.4) is 0 Å². The Hall–Kier alpha value is -3.79. The second-order valence-corrected chi connectivity index (χ2v) is 22.0. The molecule has 0 aromatic rings. The van der Waals surface area contributed by atoms with Gasteiger partial charge in [-0.25, -0.2) is 0 Å². The Balaban J connectivity index is 4.24. The summed E-state index contributed by atoms with van der Waals surface area (Å²) in [6, 6.07) is 0. The Bertz CT molecular complexity index is 1580. The Morgan fingerprint density at radius 2 is 0.740 bits per heavy atom. The average molecular weight is 1080 g/mol. The van der Waals surface area contributed by atoms with Gasteiger partial charge >= 0.3 is 11.9 Å². The van der Waals surface area contributed by atoms with Crippen molar-refractivity contribution in [2.24, 2.45) is 0 Å². The van der Waals surface area contributed by atoms with Crippen molar-refractivity contribution in [2.45, 2.75) is 270 Å². The second kappa shape index (κ2) is 58.4. The highest BCUT2D eigenvalue weighted by molar-refractivity contribution is 5.70. The molecule has 0 spiro atoms. The van der Waals surface area contributed by atoms with Gasteiger partial charge in [-0.3, -0.25) is 9.59 Å². The van der Waals surface area contributed by atoms with Gasteiger partial charge in [-0.05, 0) is 96.3 Å². The van der Waals surface area contributed by atoms with Gasteiger partial charge in [0.15, 0.2) is 12.4 Å². The van der Waals surface area contributed by atoms with E-state index in [4.69, 9.17) is 18.9 Å². The van der Waals surface area contributed by atoms with Gasteiger partial charge < -0.3 is 33.3 Å². The van der Waals surface area contributed by atoms with E-state index in [-0.39, 0.29) is 38.6 Å². The average Bonchev–Trinajstić information content (AvgIpc) is 3.40. The number of ether oxygens (including phenoxy) is 4. The molecule has 0 radical (unpaired) electrons. The van der Waals surface area contributed by atoms with Gasteiger partial charge in [0.2, 0.25) is 0 Å². The molecule has 2 atom stereocenters. The molecular formula is C68H117NO8. The topological polar surface area (TPSA) is 111 Å². The molecule has 0 fully saturated rings. The maximum absolute atomic E-state index is 12.9. The van der Waals surface area contributed by atoms with Crippen LogP contribution in [0.2, 0.25) is 0 Å². The number of rotatable bonds is 57. The molecule has 0 amide bonds. The molecule has 9 nitrogen and oxygen atoms in total. The molecule has 0 saturated heterocycles. The van der Waals surface area contributed by atoms with Crippen molar-refractivity contribution in [1.29, 1.82) is 0 Å². The van der Waals surface area contributed by atoms with Crippen molar-refractivity contribution < 1.29 is 42.9 Å². The third-order valence-electron chi connectivity index (χ3n) is 13.3. The van der Waals surface area contributed by atoms with Crippen LogP contribution in [0.4, 0.5) is 0 Å². The normalized spacial score (nSPS) is 13.4. The number of carbonyl (C=O) groups excluding carboxylic acids is 3. The standard InChI is InChI=1S/C68H117NO8/c1-6-8-10-12-14-16-18-20-22-24-26-28-30-32-33-35-37-39-41-43-45-47-49-51-53-55-57-59-66(71)77-64(63-76-68(67(72)73)74-61-60-69(3,4)5)62-75-65(70)58-56-54-52-50-48-46-44-42-40-38-36-34-31-29-27-25-23-21-19-17-15-13-11-9-7-2/h8,10,14,16,19-22,25-28,32-33,37,39,64,68H,6-7,9,11-13,15,17-18,23-24,29-31,34-36,38,40-63H2,1-5H3/b10-8-,16-14-,21-19-,22-20-,27-25-,28-26-,33-32-,39-37-. The number of likely N-dealkylation sites (N-methyl/N-ethyl adjacent to an activating group) is 1. The molecule has 0 N–H and O–H groups in total. The fraction of sp³-hybridized carbons (Fsp3) is 0.721.